The molecule has 0 aromatic heterocycles. The molecule has 0 bridgehead atoms. The Hall–Kier alpha value is -1.06. The van der Waals surface area contributed by atoms with Gasteiger partial charge in [0.1, 0.15) is 5.75 Å². The molecule has 1 aromatic rings. The average molecular weight is 223 g/mol. The summed E-state index contributed by atoms with van der Waals surface area (Å²) in [7, 11) is 1.66. The van der Waals surface area contributed by atoms with Crippen LogP contribution in [0.5, 0.6) is 5.75 Å². The Morgan fingerprint density at radius 1 is 1.44 bits per heavy atom. The Balaban J connectivity index is 2.89. The van der Waals surface area contributed by atoms with Gasteiger partial charge in [-0.05, 0) is 30.9 Å². The maximum atomic E-state index is 8.80. The molecule has 0 aliphatic heterocycles. The van der Waals surface area contributed by atoms with Crippen LogP contribution in [-0.2, 0) is 6.42 Å². The van der Waals surface area contributed by atoms with Crippen molar-refractivity contribution in [3.8, 4) is 5.75 Å². The molecule has 0 aliphatic carbocycles. The second kappa shape index (κ2) is 6.51. The summed E-state index contributed by atoms with van der Waals surface area (Å²) in [4.78, 5) is 0. The van der Waals surface area contributed by atoms with E-state index in [1.165, 1.54) is 5.56 Å². The van der Waals surface area contributed by atoms with Crippen LogP contribution in [0.1, 0.15) is 36.9 Å². The fourth-order valence-corrected chi connectivity index (χ4v) is 1.76. The molecule has 1 rings (SSSR count). The highest BCUT2D eigenvalue weighted by atomic mass is 16.5. The van der Waals surface area contributed by atoms with Gasteiger partial charge in [-0.3, -0.25) is 0 Å². The zero-order chi connectivity index (χ0) is 12.0. The fourth-order valence-electron chi connectivity index (χ4n) is 1.76. The van der Waals surface area contributed by atoms with Crippen LogP contribution < -0.4 is 10.5 Å². The number of hydrogen-bond donors (Lipinski definition) is 2. The van der Waals surface area contributed by atoms with Crippen molar-refractivity contribution in [3.05, 3.63) is 29.3 Å². The van der Waals surface area contributed by atoms with E-state index in [2.05, 4.69) is 19.1 Å². The van der Waals surface area contributed by atoms with Gasteiger partial charge in [-0.25, -0.2) is 0 Å². The minimum absolute atomic E-state index is 0.0615. The maximum absolute atomic E-state index is 8.80. The first kappa shape index (κ1) is 13.0. The second-order valence-corrected chi connectivity index (χ2v) is 3.90. The molecule has 1 atom stereocenters. The highest BCUT2D eigenvalue weighted by molar-refractivity contribution is 5.39. The van der Waals surface area contributed by atoms with Gasteiger partial charge >= 0.3 is 0 Å². The molecule has 0 aliphatic rings. The SMILES string of the molecule is CCc1ccc(OC)c(C(N)CCCO)c1. The number of aryl methyl sites for hydroxylation is 1. The molecule has 0 saturated carbocycles. The summed E-state index contributed by atoms with van der Waals surface area (Å²) in [5.74, 6) is 0.836. The van der Waals surface area contributed by atoms with Crippen LogP contribution in [-0.4, -0.2) is 18.8 Å². The molecule has 0 heterocycles. The Kier molecular flexibility index (Phi) is 5.29. The molecule has 3 heteroatoms. The zero-order valence-corrected chi connectivity index (χ0v) is 10.1. The lowest BCUT2D eigenvalue weighted by atomic mass is 9.99. The lowest BCUT2D eigenvalue weighted by molar-refractivity contribution is 0.279. The van der Waals surface area contributed by atoms with Gasteiger partial charge in [0.25, 0.3) is 0 Å². The molecule has 90 valence electrons. The number of methoxy groups -OCH3 is 1. The summed E-state index contributed by atoms with van der Waals surface area (Å²) in [6.45, 7) is 2.30. The number of hydrogen-bond acceptors (Lipinski definition) is 3. The van der Waals surface area contributed by atoms with Crippen molar-refractivity contribution in [2.45, 2.75) is 32.2 Å². The molecule has 0 saturated heterocycles. The van der Waals surface area contributed by atoms with Gasteiger partial charge in [-0.1, -0.05) is 19.1 Å². The summed E-state index contributed by atoms with van der Waals surface area (Å²) in [6.07, 6.45) is 2.49. The quantitative estimate of drug-likeness (QED) is 0.776. The highest BCUT2D eigenvalue weighted by Crippen LogP contribution is 2.27. The standard InChI is InChI=1S/C13H21NO2/c1-3-10-6-7-13(16-2)11(9-10)12(14)5-4-8-15/h6-7,9,12,15H,3-5,8,14H2,1-2H3. The first-order valence-electron chi connectivity index (χ1n) is 5.76. The van der Waals surface area contributed by atoms with Crippen LogP contribution in [0.4, 0.5) is 0 Å². The largest absolute Gasteiger partial charge is 0.496 e. The van der Waals surface area contributed by atoms with Crippen molar-refractivity contribution >= 4 is 0 Å². The average Bonchev–Trinajstić information content (AvgIpc) is 2.35. The minimum Gasteiger partial charge on any atom is -0.496 e. The third-order valence-electron chi connectivity index (χ3n) is 2.78. The Morgan fingerprint density at radius 2 is 2.19 bits per heavy atom. The molecule has 16 heavy (non-hydrogen) atoms. The number of aliphatic hydroxyl groups is 1. The third-order valence-corrected chi connectivity index (χ3v) is 2.78. The number of ether oxygens (including phenoxy) is 1. The molecular formula is C13H21NO2. The zero-order valence-electron chi connectivity index (χ0n) is 10.1. The van der Waals surface area contributed by atoms with Gasteiger partial charge in [0, 0.05) is 18.2 Å². The monoisotopic (exact) mass is 223 g/mol. The summed E-state index contributed by atoms with van der Waals surface area (Å²) in [6, 6.07) is 6.06. The summed E-state index contributed by atoms with van der Waals surface area (Å²) in [5.41, 5.74) is 8.39. The predicted molar refractivity (Wildman–Crippen MR) is 65.6 cm³/mol. The number of benzene rings is 1. The molecule has 1 aromatic carbocycles. The molecule has 3 N–H and O–H groups in total. The van der Waals surface area contributed by atoms with Gasteiger partial charge in [0.05, 0.1) is 7.11 Å². The minimum atomic E-state index is -0.0615. The Labute approximate surface area is 97.2 Å². The molecular weight excluding hydrogens is 202 g/mol. The van der Waals surface area contributed by atoms with Crippen LogP contribution in [0.15, 0.2) is 18.2 Å². The van der Waals surface area contributed by atoms with E-state index in [-0.39, 0.29) is 12.6 Å². The van der Waals surface area contributed by atoms with Crippen LogP contribution in [0.25, 0.3) is 0 Å². The van der Waals surface area contributed by atoms with Crippen LogP contribution >= 0.6 is 0 Å². The number of nitrogens with two attached hydrogens (primary N) is 1. The normalized spacial score (nSPS) is 12.5. The molecule has 0 amide bonds. The lowest BCUT2D eigenvalue weighted by Crippen LogP contribution is -2.12. The van der Waals surface area contributed by atoms with Gasteiger partial charge in [0.2, 0.25) is 0 Å². The van der Waals surface area contributed by atoms with Crippen molar-refractivity contribution in [3.63, 3.8) is 0 Å². The van der Waals surface area contributed by atoms with Crippen LogP contribution in [0.2, 0.25) is 0 Å². The Bertz CT molecular complexity index is 326. The third kappa shape index (κ3) is 3.22. The first-order valence-corrected chi connectivity index (χ1v) is 5.76. The number of rotatable bonds is 6. The predicted octanol–water partition coefficient (Wildman–Crippen LogP) is 2.03. The van der Waals surface area contributed by atoms with E-state index in [0.29, 0.717) is 0 Å². The van der Waals surface area contributed by atoms with Crippen molar-refractivity contribution in [2.24, 2.45) is 5.73 Å². The molecule has 0 fully saturated rings. The van der Waals surface area contributed by atoms with E-state index < -0.39 is 0 Å². The van der Waals surface area contributed by atoms with Crippen molar-refractivity contribution in [1.82, 2.24) is 0 Å². The second-order valence-electron chi connectivity index (χ2n) is 3.90. The van der Waals surface area contributed by atoms with Crippen molar-refractivity contribution in [1.29, 1.82) is 0 Å². The topological polar surface area (TPSA) is 55.5 Å². The lowest BCUT2D eigenvalue weighted by Gasteiger charge is -2.16. The van der Waals surface area contributed by atoms with Crippen LogP contribution in [0, 0.1) is 0 Å². The first-order chi connectivity index (χ1) is 7.72. The van der Waals surface area contributed by atoms with Gasteiger partial charge in [-0.15, -0.1) is 0 Å². The van der Waals surface area contributed by atoms with Crippen LogP contribution in [0.3, 0.4) is 0 Å². The summed E-state index contributed by atoms with van der Waals surface area (Å²) < 4.78 is 5.30. The van der Waals surface area contributed by atoms with E-state index in [9.17, 15) is 0 Å². The van der Waals surface area contributed by atoms with E-state index in [0.717, 1.165) is 30.6 Å². The van der Waals surface area contributed by atoms with E-state index >= 15 is 0 Å². The highest BCUT2D eigenvalue weighted by Gasteiger charge is 2.12. The van der Waals surface area contributed by atoms with Crippen molar-refractivity contribution < 1.29 is 9.84 Å². The maximum Gasteiger partial charge on any atom is 0.123 e. The molecule has 0 radical (unpaired) electrons. The smallest absolute Gasteiger partial charge is 0.123 e. The summed E-state index contributed by atoms with van der Waals surface area (Å²) in [5, 5.41) is 8.80. The van der Waals surface area contributed by atoms with Crippen molar-refractivity contribution in [2.75, 3.05) is 13.7 Å². The van der Waals surface area contributed by atoms with E-state index in [4.69, 9.17) is 15.6 Å². The van der Waals surface area contributed by atoms with Gasteiger partial charge < -0.3 is 15.6 Å². The van der Waals surface area contributed by atoms with E-state index in [1.54, 1.807) is 7.11 Å². The number of aliphatic hydroxyl groups excluding tert-OH is 1. The molecule has 3 nitrogen and oxygen atoms in total. The van der Waals surface area contributed by atoms with Gasteiger partial charge in [0.15, 0.2) is 0 Å². The van der Waals surface area contributed by atoms with E-state index in [1.807, 2.05) is 6.07 Å². The molecule has 0 spiro atoms. The molecule has 1 unspecified atom stereocenters. The fraction of sp³-hybridized carbons (Fsp3) is 0.538. The van der Waals surface area contributed by atoms with Gasteiger partial charge in [-0.2, -0.15) is 0 Å². The summed E-state index contributed by atoms with van der Waals surface area (Å²) >= 11 is 0. The Morgan fingerprint density at radius 3 is 2.75 bits per heavy atom.